The minimum Gasteiger partial charge on any atom is -0.369 e. The molecule has 0 saturated heterocycles. The van der Waals surface area contributed by atoms with Gasteiger partial charge in [-0.25, -0.2) is 0 Å². The number of aryl methyl sites for hydroxylation is 2. The summed E-state index contributed by atoms with van der Waals surface area (Å²) in [5, 5.41) is 10.2. The molecule has 0 saturated carbocycles. The van der Waals surface area contributed by atoms with Gasteiger partial charge in [0.15, 0.2) is 11.0 Å². The van der Waals surface area contributed by atoms with Gasteiger partial charge in [0.05, 0.1) is 5.75 Å². The smallest absolute Gasteiger partial charge is 0.227 e. The number of aromatic nitrogens is 4. The van der Waals surface area contributed by atoms with Crippen molar-refractivity contribution in [1.29, 1.82) is 0 Å². The SMILES string of the molecule is Cc1[nH]c2ccc(-c3nnc(SCC(N)=O)n3C)cc2c1C. The van der Waals surface area contributed by atoms with E-state index in [1.165, 1.54) is 28.4 Å². The molecule has 0 atom stereocenters. The van der Waals surface area contributed by atoms with Crippen LogP contribution in [0.4, 0.5) is 0 Å². The van der Waals surface area contributed by atoms with Crippen LogP contribution in [0.15, 0.2) is 23.4 Å². The van der Waals surface area contributed by atoms with Gasteiger partial charge in [0.1, 0.15) is 0 Å². The lowest BCUT2D eigenvalue weighted by molar-refractivity contribution is -0.115. The average molecular weight is 315 g/mol. The number of carbonyl (C=O) groups is 1. The Labute approximate surface area is 132 Å². The van der Waals surface area contributed by atoms with Gasteiger partial charge in [-0.1, -0.05) is 11.8 Å². The molecule has 2 heterocycles. The molecule has 0 unspecified atom stereocenters. The van der Waals surface area contributed by atoms with E-state index in [1.54, 1.807) is 0 Å². The van der Waals surface area contributed by atoms with Crippen LogP contribution in [-0.4, -0.2) is 31.4 Å². The summed E-state index contributed by atoms with van der Waals surface area (Å²) < 4.78 is 1.88. The Morgan fingerprint density at radius 3 is 2.86 bits per heavy atom. The van der Waals surface area contributed by atoms with Crippen molar-refractivity contribution in [2.24, 2.45) is 12.8 Å². The Morgan fingerprint density at radius 1 is 1.36 bits per heavy atom. The molecule has 0 aliphatic rings. The number of rotatable bonds is 4. The van der Waals surface area contributed by atoms with Crippen LogP contribution in [0.25, 0.3) is 22.3 Å². The van der Waals surface area contributed by atoms with Crippen molar-refractivity contribution in [3.63, 3.8) is 0 Å². The standard InChI is InChI=1S/C15H17N5OS/c1-8-9(2)17-12-5-4-10(6-11(8)12)14-18-19-15(20(14)3)22-7-13(16)21/h4-6,17H,7H2,1-3H3,(H2,16,21). The predicted octanol–water partition coefficient (Wildman–Crippen LogP) is 2.16. The number of fused-ring (bicyclic) bond motifs is 1. The Morgan fingerprint density at radius 2 is 2.14 bits per heavy atom. The topological polar surface area (TPSA) is 89.6 Å². The van der Waals surface area contributed by atoms with Crippen LogP contribution in [0.5, 0.6) is 0 Å². The molecule has 22 heavy (non-hydrogen) atoms. The summed E-state index contributed by atoms with van der Waals surface area (Å²) in [6.45, 7) is 4.17. The number of amides is 1. The molecule has 0 radical (unpaired) electrons. The Bertz CT molecular complexity index is 864. The number of nitrogens with one attached hydrogen (secondary N) is 1. The van der Waals surface area contributed by atoms with Crippen molar-refractivity contribution in [2.75, 3.05) is 5.75 Å². The van der Waals surface area contributed by atoms with Crippen LogP contribution in [0.1, 0.15) is 11.3 Å². The van der Waals surface area contributed by atoms with Crippen molar-refractivity contribution >= 4 is 28.6 Å². The van der Waals surface area contributed by atoms with E-state index in [9.17, 15) is 4.79 Å². The van der Waals surface area contributed by atoms with Crippen LogP contribution in [0.3, 0.4) is 0 Å². The average Bonchev–Trinajstić information content (AvgIpc) is 2.98. The minimum absolute atomic E-state index is 0.196. The van der Waals surface area contributed by atoms with Gasteiger partial charge in [-0.3, -0.25) is 4.79 Å². The highest BCUT2D eigenvalue weighted by atomic mass is 32.2. The summed E-state index contributed by atoms with van der Waals surface area (Å²) >= 11 is 1.29. The predicted molar refractivity (Wildman–Crippen MR) is 87.7 cm³/mol. The molecular weight excluding hydrogens is 298 g/mol. The van der Waals surface area contributed by atoms with Gasteiger partial charge in [-0.2, -0.15) is 0 Å². The molecule has 1 aromatic carbocycles. The summed E-state index contributed by atoms with van der Waals surface area (Å²) in [6, 6.07) is 6.18. The molecule has 7 heteroatoms. The molecular formula is C15H17N5OS. The third kappa shape index (κ3) is 2.48. The number of hydrogen-bond acceptors (Lipinski definition) is 4. The highest BCUT2D eigenvalue weighted by Gasteiger charge is 2.13. The number of nitrogens with zero attached hydrogens (tertiary/aromatic N) is 3. The third-order valence-electron chi connectivity index (χ3n) is 3.74. The number of carbonyl (C=O) groups excluding carboxylic acids is 1. The molecule has 3 N–H and O–H groups in total. The second-order valence-electron chi connectivity index (χ2n) is 5.26. The second-order valence-corrected chi connectivity index (χ2v) is 6.20. The maximum atomic E-state index is 10.9. The van der Waals surface area contributed by atoms with E-state index in [0.717, 1.165) is 16.9 Å². The number of thioether (sulfide) groups is 1. The first-order chi connectivity index (χ1) is 10.5. The van der Waals surface area contributed by atoms with E-state index >= 15 is 0 Å². The van der Waals surface area contributed by atoms with Crippen LogP contribution in [-0.2, 0) is 11.8 Å². The van der Waals surface area contributed by atoms with Gasteiger partial charge in [-0.05, 0) is 37.6 Å². The second kappa shape index (κ2) is 5.49. The first-order valence-electron chi connectivity index (χ1n) is 6.87. The van der Waals surface area contributed by atoms with Crippen molar-refractivity contribution in [2.45, 2.75) is 19.0 Å². The molecule has 3 rings (SSSR count). The molecule has 0 spiro atoms. The zero-order chi connectivity index (χ0) is 15.9. The zero-order valence-electron chi connectivity index (χ0n) is 12.7. The molecule has 0 aliphatic carbocycles. The Kier molecular flexibility index (Phi) is 3.66. The monoisotopic (exact) mass is 315 g/mol. The molecule has 6 nitrogen and oxygen atoms in total. The molecule has 3 aromatic rings. The van der Waals surface area contributed by atoms with Crippen molar-refractivity contribution in [3.8, 4) is 11.4 Å². The van der Waals surface area contributed by atoms with Gasteiger partial charge < -0.3 is 15.3 Å². The van der Waals surface area contributed by atoms with Crippen molar-refractivity contribution < 1.29 is 4.79 Å². The fourth-order valence-corrected chi connectivity index (χ4v) is 3.08. The number of hydrogen-bond donors (Lipinski definition) is 2. The largest absolute Gasteiger partial charge is 0.369 e. The number of benzene rings is 1. The summed E-state index contributed by atoms with van der Waals surface area (Å²) in [4.78, 5) is 14.2. The van der Waals surface area contributed by atoms with E-state index in [2.05, 4.69) is 41.2 Å². The minimum atomic E-state index is -0.366. The van der Waals surface area contributed by atoms with Gasteiger partial charge in [0, 0.05) is 29.2 Å². The van der Waals surface area contributed by atoms with Crippen LogP contribution >= 0.6 is 11.8 Å². The first kappa shape index (κ1) is 14.6. The molecule has 0 bridgehead atoms. The number of H-pyrrole nitrogens is 1. The van der Waals surface area contributed by atoms with E-state index in [0.29, 0.717) is 5.16 Å². The third-order valence-corrected chi connectivity index (χ3v) is 4.79. The summed E-state index contributed by atoms with van der Waals surface area (Å²) in [6.07, 6.45) is 0. The van der Waals surface area contributed by atoms with Crippen LogP contribution in [0, 0.1) is 13.8 Å². The molecule has 1 amide bonds. The van der Waals surface area contributed by atoms with Crippen molar-refractivity contribution in [3.05, 3.63) is 29.5 Å². The maximum Gasteiger partial charge on any atom is 0.227 e. The summed E-state index contributed by atoms with van der Waals surface area (Å²) in [7, 11) is 1.89. The molecule has 0 fully saturated rings. The van der Waals surface area contributed by atoms with Gasteiger partial charge in [-0.15, -0.1) is 10.2 Å². The lowest BCUT2D eigenvalue weighted by atomic mass is 10.1. The fourth-order valence-electron chi connectivity index (χ4n) is 2.43. The zero-order valence-corrected chi connectivity index (χ0v) is 13.5. The molecule has 114 valence electrons. The van der Waals surface area contributed by atoms with E-state index in [1.807, 2.05) is 17.7 Å². The lowest BCUT2D eigenvalue weighted by Gasteiger charge is -2.04. The number of aromatic amines is 1. The van der Waals surface area contributed by atoms with Crippen molar-refractivity contribution in [1.82, 2.24) is 19.7 Å². The molecule has 2 aromatic heterocycles. The highest BCUT2D eigenvalue weighted by molar-refractivity contribution is 7.99. The molecule has 0 aliphatic heterocycles. The van der Waals surface area contributed by atoms with Gasteiger partial charge in [0.2, 0.25) is 5.91 Å². The van der Waals surface area contributed by atoms with Crippen LogP contribution < -0.4 is 5.73 Å². The van der Waals surface area contributed by atoms with E-state index in [4.69, 9.17) is 5.73 Å². The summed E-state index contributed by atoms with van der Waals surface area (Å²) in [5.41, 5.74) is 9.69. The summed E-state index contributed by atoms with van der Waals surface area (Å²) in [5.74, 6) is 0.600. The quantitative estimate of drug-likeness (QED) is 0.722. The van der Waals surface area contributed by atoms with Gasteiger partial charge >= 0.3 is 0 Å². The lowest BCUT2D eigenvalue weighted by Crippen LogP contribution is -2.13. The van der Waals surface area contributed by atoms with Crippen LogP contribution in [0.2, 0.25) is 0 Å². The first-order valence-corrected chi connectivity index (χ1v) is 7.85. The number of primary amides is 1. The van der Waals surface area contributed by atoms with E-state index in [-0.39, 0.29) is 11.7 Å². The number of nitrogens with two attached hydrogens (primary N) is 1. The fraction of sp³-hybridized carbons (Fsp3) is 0.267. The highest BCUT2D eigenvalue weighted by Crippen LogP contribution is 2.28. The Balaban J connectivity index is 2.00. The maximum absolute atomic E-state index is 10.9. The Hall–Kier alpha value is -2.28. The van der Waals surface area contributed by atoms with Gasteiger partial charge in [0.25, 0.3) is 0 Å². The van der Waals surface area contributed by atoms with E-state index < -0.39 is 0 Å². The normalized spacial score (nSPS) is 11.2.